The van der Waals surface area contributed by atoms with Gasteiger partial charge in [0.15, 0.2) is 5.96 Å². The molecule has 0 aromatic heterocycles. The molecule has 108 valence electrons. The van der Waals surface area contributed by atoms with E-state index < -0.39 is 0 Å². The quantitative estimate of drug-likeness (QED) is 0.462. The Bertz CT molecular complexity index is 316. The molecule has 0 saturated carbocycles. The van der Waals surface area contributed by atoms with Crippen LogP contribution in [0, 0.1) is 0 Å². The van der Waals surface area contributed by atoms with Crippen LogP contribution in [0.3, 0.4) is 0 Å². The number of nitrogens with zero attached hydrogens (tertiary/aromatic N) is 2. The van der Waals surface area contributed by atoms with Gasteiger partial charge in [0.25, 0.3) is 0 Å². The van der Waals surface area contributed by atoms with E-state index in [4.69, 9.17) is 0 Å². The third-order valence-electron chi connectivity index (χ3n) is 4.23. The van der Waals surface area contributed by atoms with Crippen LogP contribution in [0.5, 0.6) is 0 Å². The van der Waals surface area contributed by atoms with Crippen molar-refractivity contribution in [3.63, 3.8) is 0 Å². The summed E-state index contributed by atoms with van der Waals surface area (Å²) in [6.07, 6.45) is 10.7. The molecule has 0 bridgehead atoms. The van der Waals surface area contributed by atoms with Gasteiger partial charge in [0.2, 0.25) is 0 Å². The summed E-state index contributed by atoms with van der Waals surface area (Å²) in [6, 6.07) is 1.19. The van der Waals surface area contributed by atoms with Crippen LogP contribution in [0.15, 0.2) is 17.1 Å². The molecule has 0 amide bonds. The van der Waals surface area contributed by atoms with Crippen molar-refractivity contribution >= 4 is 5.96 Å². The second-order valence-electron chi connectivity index (χ2n) is 5.52. The topological polar surface area (TPSA) is 39.7 Å². The van der Waals surface area contributed by atoms with Crippen LogP contribution in [0.2, 0.25) is 0 Å². The summed E-state index contributed by atoms with van der Waals surface area (Å²) in [5, 5.41) is 7.00. The molecule has 1 aliphatic carbocycles. The van der Waals surface area contributed by atoms with Gasteiger partial charge in [0.05, 0.1) is 0 Å². The van der Waals surface area contributed by atoms with Crippen LogP contribution in [-0.2, 0) is 0 Å². The van der Waals surface area contributed by atoms with Crippen LogP contribution in [0.4, 0.5) is 0 Å². The standard InChI is InChI=1S/C15H28N4/c1-3-19-11-7-6-10-14(19)12-17-15(16-2)18-13-8-4-5-9-13/h4-5,13-14H,3,6-12H2,1-2H3,(H2,16,17,18). The van der Waals surface area contributed by atoms with Gasteiger partial charge in [-0.25, -0.2) is 0 Å². The van der Waals surface area contributed by atoms with Gasteiger partial charge >= 0.3 is 0 Å². The van der Waals surface area contributed by atoms with E-state index in [-0.39, 0.29) is 0 Å². The Morgan fingerprint density at radius 2 is 2.11 bits per heavy atom. The molecule has 2 aliphatic rings. The highest BCUT2D eigenvalue weighted by Gasteiger charge is 2.21. The van der Waals surface area contributed by atoms with Gasteiger partial charge in [0.1, 0.15) is 0 Å². The van der Waals surface area contributed by atoms with E-state index in [0.717, 1.165) is 31.9 Å². The van der Waals surface area contributed by atoms with Crippen molar-refractivity contribution < 1.29 is 0 Å². The van der Waals surface area contributed by atoms with Gasteiger partial charge in [-0.2, -0.15) is 0 Å². The maximum Gasteiger partial charge on any atom is 0.191 e. The lowest BCUT2D eigenvalue weighted by Gasteiger charge is -2.35. The molecule has 1 saturated heterocycles. The zero-order chi connectivity index (χ0) is 13.5. The third-order valence-corrected chi connectivity index (χ3v) is 4.23. The normalized spacial score (nSPS) is 25.8. The average Bonchev–Trinajstić information content (AvgIpc) is 2.96. The molecule has 0 aromatic rings. The van der Waals surface area contributed by atoms with E-state index in [9.17, 15) is 0 Å². The first-order chi connectivity index (χ1) is 9.33. The van der Waals surface area contributed by atoms with Crippen molar-refractivity contribution in [2.75, 3.05) is 26.7 Å². The summed E-state index contributed by atoms with van der Waals surface area (Å²) < 4.78 is 0. The van der Waals surface area contributed by atoms with Crippen molar-refractivity contribution in [3.05, 3.63) is 12.2 Å². The molecule has 0 radical (unpaired) electrons. The van der Waals surface area contributed by atoms with E-state index >= 15 is 0 Å². The van der Waals surface area contributed by atoms with E-state index in [1.807, 2.05) is 7.05 Å². The maximum atomic E-state index is 4.33. The Kier molecular flexibility index (Phi) is 5.70. The summed E-state index contributed by atoms with van der Waals surface area (Å²) in [5.74, 6) is 0.954. The zero-order valence-corrected chi connectivity index (χ0v) is 12.4. The number of likely N-dealkylation sites (tertiary alicyclic amines) is 1. The molecule has 19 heavy (non-hydrogen) atoms. The summed E-state index contributed by atoms with van der Waals surface area (Å²) >= 11 is 0. The lowest BCUT2D eigenvalue weighted by molar-refractivity contribution is 0.157. The summed E-state index contributed by atoms with van der Waals surface area (Å²) in [4.78, 5) is 6.92. The Hall–Kier alpha value is -1.03. The highest BCUT2D eigenvalue weighted by Crippen LogP contribution is 2.15. The van der Waals surface area contributed by atoms with Crippen molar-refractivity contribution in [1.29, 1.82) is 0 Å². The number of piperidine rings is 1. The predicted octanol–water partition coefficient (Wildman–Crippen LogP) is 1.74. The SMILES string of the molecule is CCN1CCCCC1CNC(=NC)NC1CC=CC1. The predicted molar refractivity (Wildman–Crippen MR) is 81.5 cm³/mol. The number of hydrogen-bond acceptors (Lipinski definition) is 2. The molecule has 1 heterocycles. The van der Waals surface area contributed by atoms with Crippen molar-refractivity contribution in [1.82, 2.24) is 15.5 Å². The van der Waals surface area contributed by atoms with Crippen LogP contribution >= 0.6 is 0 Å². The fraction of sp³-hybridized carbons (Fsp3) is 0.800. The van der Waals surface area contributed by atoms with E-state index in [1.54, 1.807) is 0 Å². The number of rotatable bonds is 4. The minimum Gasteiger partial charge on any atom is -0.355 e. The second-order valence-corrected chi connectivity index (χ2v) is 5.52. The highest BCUT2D eigenvalue weighted by molar-refractivity contribution is 5.80. The largest absolute Gasteiger partial charge is 0.355 e. The number of guanidine groups is 1. The molecule has 1 unspecified atom stereocenters. The van der Waals surface area contributed by atoms with Crippen LogP contribution in [0.25, 0.3) is 0 Å². The Labute approximate surface area is 117 Å². The van der Waals surface area contributed by atoms with Crippen LogP contribution in [0.1, 0.15) is 39.0 Å². The van der Waals surface area contributed by atoms with Gasteiger partial charge in [-0.15, -0.1) is 0 Å². The van der Waals surface area contributed by atoms with Crippen LogP contribution in [-0.4, -0.2) is 49.6 Å². The van der Waals surface area contributed by atoms with Gasteiger partial charge < -0.3 is 10.6 Å². The van der Waals surface area contributed by atoms with Gasteiger partial charge in [-0.1, -0.05) is 25.5 Å². The second kappa shape index (κ2) is 7.53. The lowest BCUT2D eigenvalue weighted by Crippen LogP contribution is -2.50. The molecule has 1 atom stereocenters. The van der Waals surface area contributed by atoms with Crippen molar-refractivity contribution in [2.45, 2.75) is 51.1 Å². The number of likely N-dealkylation sites (N-methyl/N-ethyl adjacent to an activating group) is 1. The molecule has 1 fully saturated rings. The van der Waals surface area contributed by atoms with Crippen molar-refractivity contribution in [2.24, 2.45) is 4.99 Å². The monoisotopic (exact) mass is 264 g/mol. The molecule has 0 aromatic carbocycles. The summed E-state index contributed by atoms with van der Waals surface area (Å²) in [5.41, 5.74) is 0. The minimum atomic E-state index is 0.528. The summed E-state index contributed by atoms with van der Waals surface area (Å²) in [7, 11) is 1.86. The smallest absolute Gasteiger partial charge is 0.191 e. The zero-order valence-electron chi connectivity index (χ0n) is 12.4. The fourth-order valence-corrected chi connectivity index (χ4v) is 3.05. The Morgan fingerprint density at radius 3 is 2.79 bits per heavy atom. The highest BCUT2D eigenvalue weighted by atomic mass is 15.2. The van der Waals surface area contributed by atoms with E-state index in [1.165, 1.54) is 25.8 Å². The first-order valence-electron chi connectivity index (χ1n) is 7.69. The van der Waals surface area contributed by atoms with Crippen molar-refractivity contribution in [3.8, 4) is 0 Å². The van der Waals surface area contributed by atoms with Gasteiger partial charge in [-0.3, -0.25) is 9.89 Å². The number of hydrogen-bond donors (Lipinski definition) is 2. The first-order valence-corrected chi connectivity index (χ1v) is 7.69. The molecular weight excluding hydrogens is 236 g/mol. The maximum absolute atomic E-state index is 4.33. The van der Waals surface area contributed by atoms with Gasteiger partial charge in [-0.05, 0) is 38.8 Å². The molecule has 4 heteroatoms. The molecular formula is C15H28N4. The molecule has 1 aliphatic heterocycles. The molecule has 0 spiro atoms. The molecule has 4 nitrogen and oxygen atoms in total. The molecule has 2 N–H and O–H groups in total. The third kappa shape index (κ3) is 4.23. The molecule has 2 rings (SSSR count). The minimum absolute atomic E-state index is 0.528. The fourth-order valence-electron chi connectivity index (χ4n) is 3.05. The average molecular weight is 264 g/mol. The van der Waals surface area contributed by atoms with Gasteiger partial charge in [0, 0.05) is 25.7 Å². The lowest BCUT2D eigenvalue weighted by atomic mass is 10.0. The number of aliphatic imine (C=N–C) groups is 1. The van der Waals surface area contributed by atoms with E-state index in [2.05, 4.69) is 39.6 Å². The summed E-state index contributed by atoms with van der Waals surface area (Å²) in [6.45, 7) is 5.68. The number of nitrogens with one attached hydrogen (secondary N) is 2. The van der Waals surface area contributed by atoms with Crippen LogP contribution < -0.4 is 10.6 Å². The first kappa shape index (κ1) is 14.4. The Balaban J connectivity index is 1.75. The Morgan fingerprint density at radius 1 is 1.32 bits per heavy atom. The van der Waals surface area contributed by atoms with E-state index in [0.29, 0.717) is 12.1 Å².